The van der Waals surface area contributed by atoms with Crippen molar-refractivity contribution in [3.63, 3.8) is 0 Å². The van der Waals surface area contributed by atoms with Gasteiger partial charge in [0, 0.05) is 12.3 Å². The van der Waals surface area contributed by atoms with Crippen molar-refractivity contribution in [1.29, 1.82) is 0 Å². The number of nitrogens with zero attached hydrogens (tertiary/aromatic N) is 1. The quantitative estimate of drug-likeness (QED) is 0.754. The number of ether oxygens (including phenoxy) is 3. The van der Waals surface area contributed by atoms with E-state index in [0.29, 0.717) is 11.4 Å². The summed E-state index contributed by atoms with van der Waals surface area (Å²) in [5.41, 5.74) is 1.79. The number of allylic oxidation sites excluding steroid dienone is 2. The molecular weight excluding hydrogens is 334 g/mol. The third kappa shape index (κ3) is 4.14. The summed E-state index contributed by atoms with van der Waals surface area (Å²) in [6.45, 7) is 5.78. The molecule has 1 aromatic carbocycles. The van der Waals surface area contributed by atoms with E-state index in [0.717, 1.165) is 5.56 Å². The zero-order chi connectivity index (χ0) is 19.3. The number of esters is 2. The monoisotopic (exact) mass is 357 g/mol. The van der Waals surface area contributed by atoms with E-state index < -0.39 is 11.9 Å². The number of methoxy groups -OCH3 is 2. The first-order valence-electron chi connectivity index (χ1n) is 8.21. The molecule has 1 heterocycles. The predicted molar refractivity (Wildman–Crippen MR) is 98.8 cm³/mol. The molecule has 138 valence electrons. The van der Waals surface area contributed by atoms with E-state index in [2.05, 4.69) is 0 Å². The van der Waals surface area contributed by atoms with Gasteiger partial charge in [-0.3, -0.25) is 0 Å². The summed E-state index contributed by atoms with van der Waals surface area (Å²) in [6.07, 6.45) is 6.62. The topological polar surface area (TPSA) is 65.1 Å². The lowest BCUT2D eigenvalue weighted by atomic mass is 10.1. The van der Waals surface area contributed by atoms with Crippen LogP contribution >= 0.6 is 0 Å². The molecule has 6 heteroatoms. The van der Waals surface area contributed by atoms with Gasteiger partial charge in [0.2, 0.25) is 0 Å². The van der Waals surface area contributed by atoms with Crippen molar-refractivity contribution < 1.29 is 23.8 Å². The van der Waals surface area contributed by atoms with Gasteiger partial charge in [0.05, 0.1) is 31.6 Å². The van der Waals surface area contributed by atoms with Crippen LogP contribution in [0.3, 0.4) is 0 Å². The second-order valence-electron chi connectivity index (χ2n) is 5.93. The first kappa shape index (κ1) is 19.3. The molecule has 0 bridgehead atoms. The van der Waals surface area contributed by atoms with E-state index >= 15 is 0 Å². The predicted octanol–water partition coefficient (Wildman–Crippen LogP) is 3.27. The molecule has 1 aliphatic rings. The maximum absolute atomic E-state index is 12.5. The van der Waals surface area contributed by atoms with E-state index in [1.807, 2.05) is 39.0 Å². The van der Waals surface area contributed by atoms with Gasteiger partial charge in [-0.25, -0.2) is 9.59 Å². The van der Waals surface area contributed by atoms with Crippen molar-refractivity contribution in [3.05, 3.63) is 59.5 Å². The minimum absolute atomic E-state index is 0.00754. The molecule has 2 rings (SSSR count). The highest BCUT2D eigenvalue weighted by molar-refractivity contribution is 6.05. The van der Waals surface area contributed by atoms with Gasteiger partial charge in [-0.2, -0.15) is 0 Å². The zero-order valence-electron chi connectivity index (χ0n) is 15.6. The van der Waals surface area contributed by atoms with E-state index in [1.54, 1.807) is 23.3 Å². The number of hydrogen-bond acceptors (Lipinski definition) is 6. The molecule has 26 heavy (non-hydrogen) atoms. The van der Waals surface area contributed by atoms with Gasteiger partial charge in [0.1, 0.15) is 11.4 Å². The Bertz CT molecular complexity index is 789. The summed E-state index contributed by atoms with van der Waals surface area (Å²) in [6, 6.07) is 5.58. The number of aryl methyl sites for hydroxylation is 1. The number of carbonyl (C=O) groups excluding carboxylic acids is 2. The number of carbonyl (C=O) groups is 2. The SMILES string of the molecule is COC(=O)C1=C(C(=O)OC)N(c2cc(OC(C)C)ccc2C)C=CC=C1. The van der Waals surface area contributed by atoms with Crippen molar-refractivity contribution in [3.8, 4) is 5.75 Å². The van der Waals surface area contributed by atoms with Crippen LogP contribution in [0.25, 0.3) is 0 Å². The van der Waals surface area contributed by atoms with Gasteiger partial charge in [0.15, 0.2) is 0 Å². The van der Waals surface area contributed by atoms with Gasteiger partial charge >= 0.3 is 11.9 Å². The summed E-state index contributed by atoms with van der Waals surface area (Å²) in [7, 11) is 2.54. The number of anilines is 1. The van der Waals surface area contributed by atoms with Crippen LogP contribution in [0.2, 0.25) is 0 Å². The van der Waals surface area contributed by atoms with Crippen LogP contribution in [0.1, 0.15) is 19.4 Å². The molecule has 0 N–H and O–H groups in total. The molecule has 1 aliphatic heterocycles. The first-order valence-corrected chi connectivity index (χ1v) is 8.21. The average Bonchev–Trinajstić information content (AvgIpc) is 2.84. The second-order valence-corrected chi connectivity index (χ2v) is 5.93. The Morgan fingerprint density at radius 3 is 2.35 bits per heavy atom. The van der Waals surface area contributed by atoms with Gasteiger partial charge < -0.3 is 19.1 Å². The minimum Gasteiger partial charge on any atom is -0.491 e. The molecule has 6 nitrogen and oxygen atoms in total. The third-order valence-electron chi connectivity index (χ3n) is 3.70. The van der Waals surface area contributed by atoms with Crippen molar-refractivity contribution in [2.45, 2.75) is 26.9 Å². The van der Waals surface area contributed by atoms with Crippen LogP contribution in [-0.2, 0) is 19.1 Å². The highest BCUT2D eigenvalue weighted by Crippen LogP contribution is 2.32. The number of benzene rings is 1. The zero-order valence-corrected chi connectivity index (χ0v) is 15.6. The fraction of sp³-hybridized carbons (Fsp3) is 0.300. The van der Waals surface area contributed by atoms with Crippen LogP contribution in [0.4, 0.5) is 5.69 Å². The molecule has 0 spiro atoms. The van der Waals surface area contributed by atoms with Gasteiger partial charge in [-0.15, -0.1) is 0 Å². The molecule has 0 saturated carbocycles. The van der Waals surface area contributed by atoms with E-state index in [1.165, 1.54) is 20.3 Å². The highest BCUT2D eigenvalue weighted by atomic mass is 16.5. The molecule has 0 unspecified atom stereocenters. The minimum atomic E-state index is -0.642. The smallest absolute Gasteiger partial charge is 0.355 e. The van der Waals surface area contributed by atoms with Gasteiger partial charge in [-0.05, 0) is 44.6 Å². The summed E-state index contributed by atoms with van der Waals surface area (Å²) in [4.78, 5) is 26.3. The largest absolute Gasteiger partial charge is 0.491 e. The van der Waals surface area contributed by atoms with E-state index in [4.69, 9.17) is 14.2 Å². The molecule has 0 fully saturated rings. The Morgan fingerprint density at radius 2 is 1.73 bits per heavy atom. The van der Waals surface area contributed by atoms with E-state index in [-0.39, 0.29) is 17.4 Å². The normalized spacial score (nSPS) is 13.7. The average molecular weight is 357 g/mol. The van der Waals surface area contributed by atoms with Crippen LogP contribution in [-0.4, -0.2) is 32.3 Å². The Labute approximate surface area is 153 Å². The molecule has 0 amide bonds. The Kier molecular flexibility index (Phi) is 6.22. The molecule has 0 radical (unpaired) electrons. The van der Waals surface area contributed by atoms with Gasteiger partial charge in [0.25, 0.3) is 0 Å². The molecule has 0 aliphatic carbocycles. The fourth-order valence-electron chi connectivity index (χ4n) is 2.55. The summed E-state index contributed by atoms with van der Waals surface area (Å²) in [5.74, 6) is -0.603. The summed E-state index contributed by atoms with van der Waals surface area (Å²) < 4.78 is 15.5. The maximum atomic E-state index is 12.5. The van der Waals surface area contributed by atoms with Crippen LogP contribution < -0.4 is 9.64 Å². The Morgan fingerprint density at radius 1 is 1.04 bits per heavy atom. The van der Waals surface area contributed by atoms with Crippen LogP contribution in [0.5, 0.6) is 5.75 Å². The standard InChI is InChI=1S/C20H23NO5/c1-13(2)26-15-10-9-14(3)17(12-15)21-11-7-6-8-16(19(22)24-4)18(21)20(23)25-5/h6-13H,1-5H3. The summed E-state index contributed by atoms with van der Waals surface area (Å²) in [5, 5.41) is 0. The van der Waals surface area contributed by atoms with Crippen molar-refractivity contribution in [2.75, 3.05) is 19.1 Å². The first-order chi connectivity index (χ1) is 12.4. The molecule has 1 aromatic rings. The number of hydrogen-bond donors (Lipinski definition) is 0. The van der Waals surface area contributed by atoms with Gasteiger partial charge in [-0.1, -0.05) is 12.1 Å². The third-order valence-corrected chi connectivity index (χ3v) is 3.70. The molecular formula is C20H23NO5. The van der Waals surface area contributed by atoms with Crippen LogP contribution in [0.15, 0.2) is 53.9 Å². The number of rotatable bonds is 5. The Hall–Kier alpha value is -3.02. The van der Waals surface area contributed by atoms with E-state index in [9.17, 15) is 9.59 Å². The fourth-order valence-corrected chi connectivity index (χ4v) is 2.55. The van der Waals surface area contributed by atoms with Crippen molar-refractivity contribution >= 4 is 17.6 Å². The lowest BCUT2D eigenvalue weighted by Crippen LogP contribution is -2.27. The maximum Gasteiger partial charge on any atom is 0.355 e. The summed E-state index contributed by atoms with van der Waals surface area (Å²) >= 11 is 0. The molecule has 0 aromatic heterocycles. The van der Waals surface area contributed by atoms with Crippen molar-refractivity contribution in [2.24, 2.45) is 0 Å². The second kappa shape index (κ2) is 8.38. The Balaban J connectivity index is 2.65. The highest BCUT2D eigenvalue weighted by Gasteiger charge is 2.28. The lowest BCUT2D eigenvalue weighted by Gasteiger charge is -2.25. The molecule has 0 saturated heterocycles. The molecule has 0 atom stereocenters. The van der Waals surface area contributed by atoms with Crippen LogP contribution in [0, 0.1) is 6.92 Å². The lowest BCUT2D eigenvalue weighted by molar-refractivity contribution is -0.139. The van der Waals surface area contributed by atoms with Crippen molar-refractivity contribution in [1.82, 2.24) is 0 Å².